The van der Waals surface area contributed by atoms with Crippen LogP contribution >= 0.6 is 0 Å². The van der Waals surface area contributed by atoms with Crippen molar-refractivity contribution in [1.29, 1.82) is 0 Å². The van der Waals surface area contributed by atoms with Crippen LogP contribution in [0.5, 0.6) is 5.75 Å². The summed E-state index contributed by atoms with van der Waals surface area (Å²) in [6.07, 6.45) is 1.32. The van der Waals surface area contributed by atoms with E-state index < -0.39 is 4.92 Å². The van der Waals surface area contributed by atoms with Gasteiger partial charge in [0.25, 0.3) is 5.69 Å². The lowest BCUT2D eigenvalue weighted by molar-refractivity contribution is -0.385. The van der Waals surface area contributed by atoms with Gasteiger partial charge in [0.05, 0.1) is 10.6 Å². The molecule has 0 bridgehead atoms. The Morgan fingerprint density at radius 1 is 1.11 bits per heavy atom. The van der Waals surface area contributed by atoms with Gasteiger partial charge >= 0.3 is 0 Å². The third-order valence-corrected chi connectivity index (χ3v) is 4.19. The van der Waals surface area contributed by atoms with Crippen LogP contribution in [0.15, 0.2) is 70.1 Å². The summed E-state index contributed by atoms with van der Waals surface area (Å²) in [6, 6.07) is 16.6. The van der Waals surface area contributed by atoms with Gasteiger partial charge in [-0.05, 0) is 42.8 Å². The molecule has 138 valence electrons. The molecule has 0 aliphatic rings. The molecule has 0 amide bonds. The van der Waals surface area contributed by atoms with Crippen molar-refractivity contribution in [2.24, 2.45) is 4.99 Å². The number of nitro groups is 1. The predicted octanol–water partition coefficient (Wildman–Crippen LogP) is 4.54. The molecular weight excluding hydrogens is 358 g/mol. The molecule has 7 nitrogen and oxygen atoms in total. The summed E-state index contributed by atoms with van der Waals surface area (Å²) in [7, 11) is 0. The van der Waals surface area contributed by atoms with Crippen molar-refractivity contribution in [2.45, 2.75) is 6.92 Å². The van der Waals surface area contributed by atoms with Crippen LogP contribution in [0.4, 0.5) is 11.4 Å². The number of nitro benzene ring substituents is 1. The zero-order valence-electron chi connectivity index (χ0n) is 14.8. The standard InChI is InChI=1S/C21H15N3O4/c1-13-3-2-4-14(9-13)21-23-18-11-16(5-8-20(18)28-21)22-12-15-10-17(24(26)27)6-7-19(15)25/h2-12,25H,1H3/p-1. The highest BCUT2D eigenvalue weighted by molar-refractivity contribution is 5.87. The minimum Gasteiger partial charge on any atom is -0.872 e. The van der Waals surface area contributed by atoms with E-state index in [9.17, 15) is 15.2 Å². The number of oxazole rings is 1. The van der Waals surface area contributed by atoms with Gasteiger partial charge in [0.2, 0.25) is 5.89 Å². The highest BCUT2D eigenvalue weighted by Crippen LogP contribution is 2.28. The summed E-state index contributed by atoms with van der Waals surface area (Å²) >= 11 is 0. The minimum absolute atomic E-state index is 0.148. The van der Waals surface area contributed by atoms with Crippen molar-refractivity contribution in [2.75, 3.05) is 0 Å². The highest BCUT2D eigenvalue weighted by Gasteiger charge is 2.09. The maximum absolute atomic E-state index is 11.9. The summed E-state index contributed by atoms with van der Waals surface area (Å²) in [4.78, 5) is 19.1. The summed E-state index contributed by atoms with van der Waals surface area (Å²) in [5.74, 6) is 0.180. The van der Waals surface area contributed by atoms with Crippen LogP contribution in [0.1, 0.15) is 11.1 Å². The first-order valence-corrected chi connectivity index (χ1v) is 8.47. The topological polar surface area (TPSA) is 105 Å². The molecule has 0 atom stereocenters. The Labute approximate surface area is 159 Å². The van der Waals surface area contributed by atoms with Crippen molar-refractivity contribution >= 4 is 28.7 Å². The lowest BCUT2D eigenvalue weighted by atomic mass is 10.1. The molecule has 4 aromatic rings. The molecule has 0 spiro atoms. The Balaban J connectivity index is 1.66. The minimum atomic E-state index is -0.551. The molecule has 0 fully saturated rings. The fourth-order valence-electron chi connectivity index (χ4n) is 2.79. The molecule has 1 aromatic heterocycles. The van der Waals surface area contributed by atoms with Crippen LogP contribution in [0, 0.1) is 17.0 Å². The van der Waals surface area contributed by atoms with E-state index >= 15 is 0 Å². The van der Waals surface area contributed by atoms with Gasteiger partial charge in [-0.25, -0.2) is 4.98 Å². The number of hydrogen-bond acceptors (Lipinski definition) is 6. The number of non-ortho nitro benzene ring substituents is 1. The Morgan fingerprint density at radius 3 is 2.75 bits per heavy atom. The fourth-order valence-corrected chi connectivity index (χ4v) is 2.79. The third kappa shape index (κ3) is 3.45. The number of aromatic nitrogens is 1. The lowest BCUT2D eigenvalue weighted by Crippen LogP contribution is -1.98. The van der Waals surface area contributed by atoms with Crippen LogP contribution in [-0.4, -0.2) is 16.1 Å². The van der Waals surface area contributed by atoms with Crippen molar-refractivity contribution < 1.29 is 14.4 Å². The van der Waals surface area contributed by atoms with E-state index in [1.54, 1.807) is 18.2 Å². The first-order valence-electron chi connectivity index (χ1n) is 8.47. The van der Waals surface area contributed by atoms with E-state index in [1.165, 1.54) is 18.3 Å². The van der Waals surface area contributed by atoms with Crippen molar-refractivity contribution in [3.63, 3.8) is 0 Å². The SMILES string of the molecule is Cc1cccc(-c2nc3cc(N=Cc4cc([N+](=O)[O-])ccc4[O-])ccc3o2)c1. The van der Waals surface area contributed by atoms with Gasteiger partial charge in [0.15, 0.2) is 5.58 Å². The molecule has 0 radical (unpaired) electrons. The number of nitrogens with zero attached hydrogens (tertiary/aromatic N) is 3. The second kappa shape index (κ2) is 6.96. The quantitative estimate of drug-likeness (QED) is 0.297. The zero-order chi connectivity index (χ0) is 19.7. The van der Waals surface area contributed by atoms with E-state index in [2.05, 4.69) is 9.98 Å². The molecule has 0 saturated heterocycles. The van der Waals surface area contributed by atoms with Gasteiger partial charge in [-0.15, -0.1) is 0 Å². The molecule has 0 N–H and O–H groups in total. The average molecular weight is 372 g/mol. The number of fused-ring (bicyclic) bond motifs is 1. The summed E-state index contributed by atoms with van der Waals surface area (Å²) in [6.45, 7) is 2.00. The van der Waals surface area contributed by atoms with E-state index in [1.807, 2.05) is 31.2 Å². The van der Waals surface area contributed by atoms with Crippen LogP contribution in [0.25, 0.3) is 22.6 Å². The Morgan fingerprint density at radius 2 is 1.96 bits per heavy atom. The summed E-state index contributed by atoms with van der Waals surface area (Å²) in [5.41, 5.74) is 3.79. The van der Waals surface area contributed by atoms with Gasteiger partial charge in [-0.3, -0.25) is 15.1 Å². The van der Waals surface area contributed by atoms with E-state index in [-0.39, 0.29) is 17.0 Å². The second-order valence-electron chi connectivity index (χ2n) is 6.28. The van der Waals surface area contributed by atoms with Gasteiger partial charge in [-0.1, -0.05) is 29.5 Å². The molecule has 0 saturated carbocycles. The number of hydrogen-bond donors (Lipinski definition) is 0. The monoisotopic (exact) mass is 372 g/mol. The Bertz CT molecular complexity index is 1230. The molecule has 28 heavy (non-hydrogen) atoms. The normalized spacial score (nSPS) is 11.3. The predicted molar refractivity (Wildman–Crippen MR) is 104 cm³/mol. The van der Waals surface area contributed by atoms with Crippen molar-refractivity contribution in [3.8, 4) is 17.2 Å². The van der Waals surface area contributed by atoms with Gasteiger partial charge in [0.1, 0.15) is 5.52 Å². The highest BCUT2D eigenvalue weighted by atomic mass is 16.6. The number of aliphatic imine (C=N–C) groups is 1. The Hall–Kier alpha value is -4.00. The second-order valence-corrected chi connectivity index (χ2v) is 6.28. The number of aryl methyl sites for hydroxylation is 1. The van der Waals surface area contributed by atoms with Gasteiger partial charge in [0, 0.05) is 23.9 Å². The van der Waals surface area contributed by atoms with Crippen LogP contribution in [-0.2, 0) is 0 Å². The summed E-state index contributed by atoms with van der Waals surface area (Å²) in [5, 5.41) is 22.7. The van der Waals surface area contributed by atoms with E-state index in [4.69, 9.17) is 4.42 Å². The molecule has 1 heterocycles. The Kier molecular flexibility index (Phi) is 4.33. The van der Waals surface area contributed by atoms with Crippen molar-refractivity contribution in [1.82, 2.24) is 4.98 Å². The molecular formula is C21H14N3O4-. The van der Waals surface area contributed by atoms with Crippen LogP contribution in [0.2, 0.25) is 0 Å². The zero-order valence-corrected chi connectivity index (χ0v) is 14.8. The molecule has 3 aromatic carbocycles. The van der Waals surface area contributed by atoms with Gasteiger partial charge < -0.3 is 9.52 Å². The molecule has 4 rings (SSSR count). The third-order valence-electron chi connectivity index (χ3n) is 4.19. The van der Waals surface area contributed by atoms with E-state index in [0.29, 0.717) is 22.7 Å². The largest absolute Gasteiger partial charge is 0.872 e. The molecule has 0 aliphatic heterocycles. The fraction of sp³-hybridized carbons (Fsp3) is 0.0476. The van der Waals surface area contributed by atoms with Crippen LogP contribution in [0.3, 0.4) is 0 Å². The molecule has 7 heteroatoms. The number of benzene rings is 3. The molecule has 0 unspecified atom stereocenters. The number of rotatable bonds is 4. The lowest BCUT2D eigenvalue weighted by Gasteiger charge is -2.08. The first-order chi connectivity index (χ1) is 13.5. The maximum Gasteiger partial charge on any atom is 0.270 e. The van der Waals surface area contributed by atoms with Crippen molar-refractivity contribution in [3.05, 3.63) is 81.9 Å². The molecule has 0 aliphatic carbocycles. The van der Waals surface area contributed by atoms with E-state index in [0.717, 1.165) is 17.2 Å². The average Bonchev–Trinajstić information content (AvgIpc) is 3.10. The smallest absolute Gasteiger partial charge is 0.270 e. The van der Waals surface area contributed by atoms with Gasteiger partial charge in [-0.2, -0.15) is 0 Å². The summed E-state index contributed by atoms with van der Waals surface area (Å²) < 4.78 is 5.80. The first kappa shape index (κ1) is 17.4. The van der Waals surface area contributed by atoms with Crippen LogP contribution < -0.4 is 5.11 Å². The maximum atomic E-state index is 11.9.